The van der Waals surface area contributed by atoms with E-state index in [0.29, 0.717) is 16.3 Å². The Balaban J connectivity index is 2.09. The summed E-state index contributed by atoms with van der Waals surface area (Å²) < 4.78 is 5.90. The number of benzene rings is 1. The van der Waals surface area contributed by atoms with E-state index >= 15 is 0 Å². The van der Waals surface area contributed by atoms with E-state index in [9.17, 15) is 0 Å². The van der Waals surface area contributed by atoms with E-state index in [1.165, 1.54) is 12.8 Å². The predicted octanol–water partition coefficient (Wildman–Crippen LogP) is 4.17. The van der Waals surface area contributed by atoms with Crippen LogP contribution >= 0.6 is 11.6 Å². The van der Waals surface area contributed by atoms with Gasteiger partial charge in [0.05, 0.1) is 11.1 Å². The van der Waals surface area contributed by atoms with Crippen LogP contribution in [0.5, 0.6) is 5.75 Å². The predicted molar refractivity (Wildman–Crippen MR) is 68.2 cm³/mol. The second kappa shape index (κ2) is 5.42. The SMILES string of the molecule is CC1CCC(Oc2cccc(Cl)c2C#N)CC1. The lowest BCUT2D eigenvalue weighted by Gasteiger charge is -2.27. The number of hydrogen-bond donors (Lipinski definition) is 0. The van der Waals surface area contributed by atoms with E-state index in [4.69, 9.17) is 21.6 Å². The number of nitriles is 1. The number of nitrogens with zero attached hydrogens (tertiary/aromatic N) is 1. The molecule has 0 aliphatic heterocycles. The van der Waals surface area contributed by atoms with Gasteiger partial charge in [0.15, 0.2) is 0 Å². The van der Waals surface area contributed by atoms with Crippen LogP contribution in [0.2, 0.25) is 5.02 Å². The highest BCUT2D eigenvalue weighted by molar-refractivity contribution is 6.31. The van der Waals surface area contributed by atoms with Gasteiger partial charge in [0.1, 0.15) is 17.4 Å². The fourth-order valence-corrected chi connectivity index (χ4v) is 2.45. The zero-order chi connectivity index (χ0) is 12.3. The molecule has 0 spiro atoms. The Labute approximate surface area is 107 Å². The van der Waals surface area contributed by atoms with Gasteiger partial charge in [0, 0.05) is 0 Å². The molecule has 0 aromatic heterocycles. The number of rotatable bonds is 2. The first-order valence-electron chi connectivity index (χ1n) is 6.06. The first-order valence-corrected chi connectivity index (χ1v) is 6.43. The molecule has 0 unspecified atom stereocenters. The monoisotopic (exact) mass is 249 g/mol. The molecule has 1 aromatic rings. The first-order chi connectivity index (χ1) is 8.20. The van der Waals surface area contributed by atoms with Crippen molar-refractivity contribution in [1.82, 2.24) is 0 Å². The van der Waals surface area contributed by atoms with Gasteiger partial charge in [-0.15, -0.1) is 0 Å². The van der Waals surface area contributed by atoms with Crippen molar-refractivity contribution in [3.8, 4) is 11.8 Å². The van der Waals surface area contributed by atoms with Gasteiger partial charge >= 0.3 is 0 Å². The summed E-state index contributed by atoms with van der Waals surface area (Å²) in [7, 11) is 0. The lowest BCUT2D eigenvalue weighted by molar-refractivity contribution is 0.135. The normalized spacial score (nSPS) is 24.1. The van der Waals surface area contributed by atoms with E-state index in [1.807, 2.05) is 12.1 Å². The molecular formula is C14H16ClNO. The fourth-order valence-electron chi connectivity index (χ4n) is 2.24. The summed E-state index contributed by atoms with van der Waals surface area (Å²) in [5.41, 5.74) is 0.452. The van der Waals surface area contributed by atoms with Crippen molar-refractivity contribution in [2.75, 3.05) is 0 Å². The molecule has 1 aromatic carbocycles. The van der Waals surface area contributed by atoms with E-state index in [2.05, 4.69) is 13.0 Å². The van der Waals surface area contributed by atoms with E-state index in [0.717, 1.165) is 18.8 Å². The third-order valence-corrected chi connectivity index (χ3v) is 3.66. The largest absolute Gasteiger partial charge is 0.489 e. The zero-order valence-electron chi connectivity index (χ0n) is 9.95. The van der Waals surface area contributed by atoms with Crippen molar-refractivity contribution in [2.24, 2.45) is 5.92 Å². The van der Waals surface area contributed by atoms with Crippen LogP contribution in [0.3, 0.4) is 0 Å². The van der Waals surface area contributed by atoms with Crippen LogP contribution in [-0.2, 0) is 0 Å². The number of halogens is 1. The molecule has 2 nitrogen and oxygen atoms in total. The molecule has 17 heavy (non-hydrogen) atoms. The molecular weight excluding hydrogens is 234 g/mol. The summed E-state index contributed by atoms with van der Waals surface area (Å²) in [5.74, 6) is 1.42. The van der Waals surface area contributed by atoms with Gasteiger partial charge in [-0.1, -0.05) is 24.6 Å². The Morgan fingerprint density at radius 3 is 2.65 bits per heavy atom. The third-order valence-electron chi connectivity index (χ3n) is 3.34. The lowest BCUT2D eigenvalue weighted by Crippen LogP contribution is -2.23. The summed E-state index contributed by atoms with van der Waals surface area (Å²) >= 11 is 5.97. The molecule has 0 heterocycles. The van der Waals surface area contributed by atoms with Crippen molar-refractivity contribution >= 4 is 11.6 Å². The molecule has 2 rings (SSSR count). The Hall–Kier alpha value is -1.20. The highest BCUT2D eigenvalue weighted by atomic mass is 35.5. The molecule has 0 saturated heterocycles. The van der Waals surface area contributed by atoms with Crippen LogP contribution in [0.4, 0.5) is 0 Å². The lowest BCUT2D eigenvalue weighted by atomic mass is 9.89. The molecule has 3 heteroatoms. The summed E-state index contributed by atoms with van der Waals surface area (Å²) in [6.45, 7) is 2.27. The van der Waals surface area contributed by atoms with Crippen molar-refractivity contribution in [3.05, 3.63) is 28.8 Å². The summed E-state index contributed by atoms with van der Waals surface area (Å²) in [6.07, 6.45) is 4.77. The van der Waals surface area contributed by atoms with Gasteiger partial charge < -0.3 is 4.74 Å². The zero-order valence-corrected chi connectivity index (χ0v) is 10.7. The highest BCUT2D eigenvalue weighted by Gasteiger charge is 2.20. The Kier molecular flexibility index (Phi) is 3.91. The third kappa shape index (κ3) is 2.92. The number of hydrogen-bond acceptors (Lipinski definition) is 2. The van der Waals surface area contributed by atoms with Gasteiger partial charge in [-0.2, -0.15) is 5.26 Å². The molecule has 0 radical (unpaired) electrons. The van der Waals surface area contributed by atoms with Crippen molar-refractivity contribution in [3.63, 3.8) is 0 Å². The highest BCUT2D eigenvalue weighted by Crippen LogP contribution is 2.31. The second-order valence-electron chi connectivity index (χ2n) is 4.72. The van der Waals surface area contributed by atoms with Crippen LogP contribution in [0, 0.1) is 17.2 Å². The second-order valence-corrected chi connectivity index (χ2v) is 5.13. The molecule has 0 N–H and O–H groups in total. The molecule has 1 aliphatic carbocycles. The summed E-state index contributed by atoms with van der Waals surface area (Å²) in [6, 6.07) is 7.47. The molecule has 1 aliphatic rings. The quantitative estimate of drug-likeness (QED) is 0.788. The van der Waals surface area contributed by atoms with Gasteiger partial charge in [0.2, 0.25) is 0 Å². The Morgan fingerprint density at radius 1 is 1.29 bits per heavy atom. The van der Waals surface area contributed by atoms with Crippen LogP contribution in [0.1, 0.15) is 38.2 Å². The average molecular weight is 250 g/mol. The van der Waals surface area contributed by atoms with Crippen molar-refractivity contribution in [1.29, 1.82) is 5.26 Å². The smallest absolute Gasteiger partial charge is 0.139 e. The summed E-state index contributed by atoms with van der Waals surface area (Å²) in [5, 5.41) is 9.52. The molecule has 1 fully saturated rings. The maximum Gasteiger partial charge on any atom is 0.139 e. The summed E-state index contributed by atoms with van der Waals surface area (Å²) in [4.78, 5) is 0. The maximum absolute atomic E-state index is 9.06. The molecule has 90 valence electrons. The minimum absolute atomic E-state index is 0.233. The number of ether oxygens (including phenoxy) is 1. The van der Waals surface area contributed by atoms with Crippen LogP contribution in [-0.4, -0.2) is 6.10 Å². The van der Waals surface area contributed by atoms with Crippen molar-refractivity contribution < 1.29 is 4.74 Å². The standard InChI is InChI=1S/C14H16ClNO/c1-10-5-7-11(8-6-10)17-14-4-2-3-13(15)12(14)9-16/h2-4,10-11H,5-8H2,1H3. The molecule has 0 atom stereocenters. The van der Waals surface area contributed by atoms with Gasteiger partial charge in [-0.25, -0.2) is 0 Å². The van der Waals surface area contributed by atoms with Gasteiger partial charge in [-0.3, -0.25) is 0 Å². The minimum Gasteiger partial charge on any atom is -0.489 e. The van der Waals surface area contributed by atoms with Gasteiger partial charge in [-0.05, 0) is 43.7 Å². The molecule has 0 bridgehead atoms. The van der Waals surface area contributed by atoms with E-state index in [1.54, 1.807) is 6.07 Å². The first kappa shape index (κ1) is 12.3. The van der Waals surface area contributed by atoms with Gasteiger partial charge in [0.25, 0.3) is 0 Å². The van der Waals surface area contributed by atoms with E-state index in [-0.39, 0.29) is 6.10 Å². The van der Waals surface area contributed by atoms with Crippen molar-refractivity contribution in [2.45, 2.75) is 38.7 Å². The van der Waals surface area contributed by atoms with Crippen LogP contribution in [0.15, 0.2) is 18.2 Å². The maximum atomic E-state index is 9.06. The minimum atomic E-state index is 0.233. The Bertz CT molecular complexity index is 430. The van der Waals surface area contributed by atoms with Crippen LogP contribution < -0.4 is 4.74 Å². The molecule has 1 saturated carbocycles. The Morgan fingerprint density at radius 2 is 2.00 bits per heavy atom. The van der Waals surface area contributed by atoms with Crippen LogP contribution in [0.25, 0.3) is 0 Å². The molecule has 0 amide bonds. The average Bonchev–Trinajstić information content (AvgIpc) is 2.32. The topological polar surface area (TPSA) is 33.0 Å². The fraction of sp³-hybridized carbons (Fsp3) is 0.500. The van der Waals surface area contributed by atoms with E-state index < -0.39 is 0 Å².